The standard InChI is InChI=1S/C40H47F2N3O4/c1-6-15-45(16-7-2)38(48)30-17-25(3)22-40(23-30,39(43)49)34(20-28-18-31(41)21-32(42)19-28)36(46)24-44-35-14-13-33(26(4)27(35)5)37(47)29-11-9-8-10-12-29/h8-14,17-19,21-22,34,36,44,46H,6-7,15-16,20,23-24H2,1-5H3,(H2,43,49)/t34-,36+,40?/m1/s1. The van der Waals surface area contributed by atoms with Crippen molar-refractivity contribution in [2.45, 2.75) is 66.4 Å². The number of carbonyl (C=O) groups excluding carboxylic acids is 3. The van der Waals surface area contributed by atoms with Gasteiger partial charge in [0.05, 0.1) is 11.5 Å². The van der Waals surface area contributed by atoms with Gasteiger partial charge in [0.15, 0.2) is 5.78 Å². The van der Waals surface area contributed by atoms with E-state index in [1.54, 1.807) is 48.2 Å². The third-order valence-electron chi connectivity index (χ3n) is 9.45. The van der Waals surface area contributed by atoms with Gasteiger partial charge in [0, 0.05) is 54.0 Å². The van der Waals surface area contributed by atoms with Gasteiger partial charge < -0.3 is 21.1 Å². The third-order valence-corrected chi connectivity index (χ3v) is 9.45. The van der Waals surface area contributed by atoms with Gasteiger partial charge in [0.25, 0.3) is 0 Å². The Balaban J connectivity index is 1.70. The molecule has 9 heteroatoms. The molecule has 7 nitrogen and oxygen atoms in total. The van der Waals surface area contributed by atoms with Gasteiger partial charge in [-0.25, -0.2) is 8.78 Å². The van der Waals surface area contributed by atoms with Crippen LogP contribution in [0.2, 0.25) is 0 Å². The Morgan fingerprint density at radius 1 is 0.939 bits per heavy atom. The summed E-state index contributed by atoms with van der Waals surface area (Å²) in [4.78, 5) is 42.3. The van der Waals surface area contributed by atoms with Crippen LogP contribution in [0.3, 0.4) is 0 Å². The molecule has 0 aliphatic heterocycles. The van der Waals surface area contributed by atoms with Gasteiger partial charge in [-0.3, -0.25) is 14.4 Å². The molecule has 0 radical (unpaired) electrons. The molecule has 1 unspecified atom stereocenters. The predicted octanol–water partition coefficient (Wildman–Crippen LogP) is 6.84. The van der Waals surface area contributed by atoms with E-state index in [0.29, 0.717) is 41.1 Å². The highest BCUT2D eigenvalue weighted by molar-refractivity contribution is 6.10. The fourth-order valence-corrected chi connectivity index (χ4v) is 6.92. The van der Waals surface area contributed by atoms with Crippen LogP contribution >= 0.6 is 0 Å². The molecule has 0 fully saturated rings. The molecule has 2 amide bonds. The Hall–Kier alpha value is -4.63. The number of amides is 2. The van der Waals surface area contributed by atoms with Crippen molar-refractivity contribution in [1.82, 2.24) is 4.90 Å². The molecule has 3 atom stereocenters. The number of aliphatic hydroxyl groups excluding tert-OH is 1. The minimum absolute atomic E-state index is 0.0541. The van der Waals surface area contributed by atoms with Crippen LogP contribution in [0.25, 0.3) is 0 Å². The Morgan fingerprint density at radius 2 is 1.57 bits per heavy atom. The van der Waals surface area contributed by atoms with Crippen molar-refractivity contribution in [3.8, 4) is 0 Å². The van der Waals surface area contributed by atoms with Crippen LogP contribution in [0.1, 0.15) is 72.6 Å². The molecule has 49 heavy (non-hydrogen) atoms. The number of ketones is 1. The number of nitrogens with two attached hydrogens (primary N) is 1. The lowest BCUT2D eigenvalue weighted by atomic mass is 9.63. The van der Waals surface area contributed by atoms with Crippen molar-refractivity contribution in [3.05, 3.63) is 123 Å². The molecular weight excluding hydrogens is 624 g/mol. The summed E-state index contributed by atoms with van der Waals surface area (Å²) in [5.41, 5.74) is 9.26. The zero-order valence-electron chi connectivity index (χ0n) is 29.0. The molecule has 0 heterocycles. The molecule has 0 spiro atoms. The average molecular weight is 672 g/mol. The van der Waals surface area contributed by atoms with Crippen molar-refractivity contribution in [2.24, 2.45) is 17.1 Å². The van der Waals surface area contributed by atoms with E-state index >= 15 is 0 Å². The summed E-state index contributed by atoms with van der Waals surface area (Å²) in [7, 11) is 0. The van der Waals surface area contributed by atoms with Crippen molar-refractivity contribution in [1.29, 1.82) is 0 Å². The third kappa shape index (κ3) is 8.51. The van der Waals surface area contributed by atoms with Crippen LogP contribution in [-0.4, -0.2) is 53.3 Å². The first-order valence-electron chi connectivity index (χ1n) is 16.9. The second-order valence-electron chi connectivity index (χ2n) is 13.1. The molecule has 0 aromatic heterocycles. The number of carbonyl (C=O) groups is 3. The summed E-state index contributed by atoms with van der Waals surface area (Å²) >= 11 is 0. The Labute approximate surface area is 287 Å². The number of anilines is 1. The molecule has 0 saturated carbocycles. The van der Waals surface area contributed by atoms with E-state index in [4.69, 9.17) is 5.73 Å². The number of primary amides is 1. The highest BCUT2D eigenvalue weighted by Crippen LogP contribution is 2.44. The predicted molar refractivity (Wildman–Crippen MR) is 189 cm³/mol. The molecule has 4 N–H and O–H groups in total. The van der Waals surface area contributed by atoms with Crippen molar-refractivity contribution in [2.75, 3.05) is 25.0 Å². The summed E-state index contributed by atoms with van der Waals surface area (Å²) in [6.07, 6.45) is 3.51. The van der Waals surface area contributed by atoms with Gasteiger partial charge in [-0.15, -0.1) is 0 Å². The van der Waals surface area contributed by atoms with Crippen LogP contribution in [0, 0.1) is 36.8 Å². The number of halogens is 2. The number of hydrogen-bond acceptors (Lipinski definition) is 5. The zero-order valence-corrected chi connectivity index (χ0v) is 29.0. The van der Waals surface area contributed by atoms with Crippen molar-refractivity contribution >= 4 is 23.3 Å². The molecular formula is C40H47F2N3O4. The van der Waals surface area contributed by atoms with Gasteiger partial charge in [0.1, 0.15) is 11.6 Å². The van der Waals surface area contributed by atoms with Crippen LogP contribution in [0.15, 0.2) is 84.0 Å². The van der Waals surface area contributed by atoms with Crippen molar-refractivity contribution < 1.29 is 28.3 Å². The fraction of sp³-hybridized carbons (Fsp3) is 0.375. The molecule has 4 rings (SSSR count). The van der Waals surface area contributed by atoms with Crippen LogP contribution in [0.4, 0.5) is 14.5 Å². The summed E-state index contributed by atoms with van der Waals surface area (Å²) < 4.78 is 28.8. The first kappa shape index (κ1) is 37.2. The lowest BCUT2D eigenvalue weighted by Crippen LogP contribution is -2.51. The molecule has 1 aliphatic rings. The number of allylic oxidation sites excluding steroid dienone is 2. The second kappa shape index (κ2) is 16.2. The normalized spacial score (nSPS) is 17.1. The number of benzene rings is 3. The Morgan fingerprint density at radius 3 is 2.16 bits per heavy atom. The smallest absolute Gasteiger partial charge is 0.249 e. The van der Waals surface area contributed by atoms with E-state index in [1.165, 1.54) is 12.1 Å². The van der Waals surface area contributed by atoms with E-state index in [-0.39, 0.29) is 36.6 Å². The average Bonchev–Trinajstić information content (AvgIpc) is 3.06. The molecule has 0 bridgehead atoms. The van der Waals surface area contributed by atoms with Crippen LogP contribution < -0.4 is 11.1 Å². The molecule has 1 aliphatic carbocycles. The van der Waals surface area contributed by atoms with E-state index in [0.717, 1.165) is 30.0 Å². The lowest BCUT2D eigenvalue weighted by Gasteiger charge is -2.42. The van der Waals surface area contributed by atoms with E-state index in [1.807, 2.05) is 45.9 Å². The van der Waals surface area contributed by atoms with Crippen LogP contribution in [0.5, 0.6) is 0 Å². The topological polar surface area (TPSA) is 113 Å². The van der Waals surface area contributed by atoms with Gasteiger partial charge in [0.2, 0.25) is 11.8 Å². The summed E-state index contributed by atoms with van der Waals surface area (Å²) in [5.74, 6) is -3.61. The first-order chi connectivity index (χ1) is 23.3. The Bertz CT molecular complexity index is 1730. The minimum Gasteiger partial charge on any atom is -0.391 e. The number of rotatable bonds is 15. The summed E-state index contributed by atoms with van der Waals surface area (Å²) in [6, 6.07) is 15.6. The molecule has 260 valence electrons. The molecule has 0 saturated heterocycles. The highest BCUT2D eigenvalue weighted by atomic mass is 19.1. The van der Waals surface area contributed by atoms with Gasteiger partial charge in [-0.1, -0.05) is 61.9 Å². The molecule has 3 aromatic carbocycles. The quantitative estimate of drug-likeness (QED) is 0.153. The first-order valence-corrected chi connectivity index (χ1v) is 16.9. The second-order valence-corrected chi connectivity index (χ2v) is 13.1. The van der Waals surface area contributed by atoms with E-state index in [9.17, 15) is 28.3 Å². The largest absolute Gasteiger partial charge is 0.391 e. The number of aliphatic hydroxyl groups is 1. The lowest BCUT2D eigenvalue weighted by molar-refractivity contribution is -0.132. The monoisotopic (exact) mass is 671 g/mol. The van der Waals surface area contributed by atoms with Crippen LogP contribution in [-0.2, 0) is 16.0 Å². The van der Waals surface area contributed by atoms with Gasteiger partial charge >= 0.3 is 0 Å². The SMILES string of the molecule is CCCN(CCC)C(=O)C1=CC(C)=CC(C(N)=O)([C@H](Cc2cc(F)cc(F)c2)[C@@H](O)CNc2ccc(C(=O)c3ccccc3)c(C)c2C)C1. The highest BCUT2D eigenvalue weighted by Gasteiger charge is 2.48. The zero-order chi connectivity index (χ0) is 35.9. The number of hydrogen-bond donors (Lipinski definition) is 3. The summed E-state index contributed by atoms with van der Waals surface area (Å²) in [6.45, 7) is 10.5. The van der Waals surface area contributed by atoms with Gasteiger partial charge in [-0.05, 0) is 87.4 Å². The molecule has 3 aromatic rings. The van der Waals surface area contributed by atoms with E-state index < -0.39 is 35.0 Å². The maximum absolute atomic E-state index is 14.4. The minimum atomic E-state index is -1.55. The number of nitrogens with zero attached hydrogens (tertiary/aromatic N) is 1. The summed E-state index contributed by atoms with van der Waals surface area (Å²) in [5, 5.41) is 15.2. The fourth-order valence-electron chi connectivity index (χ4n) is 6.92. The van der Waals surface area contributed by atoms with Crippen molar-refractivity contribution in [3.63, 3.8) is 0 Å². The van der Waals surface area contributed by atoms with E-state index in [2.05, 4.69) is 5.32 Å². The maximum atomic E-state index is 14.4. The van der Waals surface area contributed by atoms with Gasteiger partial charge in [-0.2, -0.15) is 0 Å². The maximum Gasteiger partial charge on any atom is 0.249 e. The Kier molecular flexibility index (Phi) is 12.3. The number of nitrogens with one attached hydrogen (secondary N) is 1.